The van der Waals surface area contributed by atoms with Crippen LogP contribution in [0.4, 0.5) is 5.69 Å². The molecule has 1 aromatic rings. The SMILES string of the molecule is CN=C(NCc1cccc(NC(=O)C2CCC2)c1)NC1CCC(C)CC1.I. The lowest BCUT2D eigenvalue weighted by Crippen LogP contribution is -2.44. The van der Waals surface area contributed by atoms with E-state index in [0.717, 1.165) is 36.0 Å². The average Bonchev–Trinajstić information content (AvgIpc) is 2.59. The van der Waals surface area contributed by atoms with Crippen molar-refractivity contribution in [2.24, 2.45) is 16.8 Å². The van der Waals surface area contributed by atoms with Crippen LogP contribution in [0.15, 0.2) is 29.3 Å². The summed E-state index contributed by atoms with van der Waals surface area (Å²) >= 11 is 0. The first-order valence-electron chi connectivity index (χ1n) is 10.0. The first-order chi connectivity index (χ1) is 12.6. The number of guanidine groups is 1. The third-order valence-corrected chi connectivity index (χ3v) is 5.71. The smallest absolute Gasteiger partial charge is 0.227 e. The molecule has 6 heteroatoms. The van der Waals surface area contributed by atoms with Gasteiger partial charge < -0.3 is 16.0 Å². The summed E-state index contributed by atoms with van der Waals surface area (Å²) in [5.41, 5.74) is 2.02. The molecule has 150 valence electrons. The largest absolute Gasteiger partial charge is 0.354 e. The number of carbonyl (C=O) groups excluding carboxylic acids is 1. The van der Waals surface area contributed by atoms with Crippen LogP contribution in [0.25, 0.3) is 0 Å². The molecule has 3 N–H and O–H groups in total. The summed E-state index contributed by atoms with van der Waals surface area (Å²) in [4.78, 5) is 16.5. The van der Waals surface area contributed by atoms with Crippen LogP contribution >= 0.6 is 24.0 Å². The van der Waals surface area contributed by atoms with Crippen molar-refractivity contribution in [2.45, 2.75) is 64.5 Å². The maximum absolute atomic E-state index is 12.1. The summed E-state index contributed by atoms with van der Waals surface area (Å²) in [5, 5.41) is 9.98. The molecule has 0 saturated heterocycles. The average molecular weight is 484 g/mol. The molecule has 2 aliphatic rings. The minimum Gasteiger partial charge on any atom is -0.354 e. The second-order valence-electron chi connectivity index (χ2n) is 7.84. The van der Waals surface area contributed by atoms with Crippen LogP contribution in [-0.4, -0.2) is 25.0 Å². The third kappa shape index (κ3) is 6.66. The predicted molar refractivity (Wildman–Crippen MR) is 123 cm³/mol. The summed E-state index contributed by atoms with van der Waals surface area (Å²) in [6.07, 6.45) is 8.22. The summed E-state index contributed by atoms with van der Waals surface area (Å²) in [6.45, 7) is 3.02. The van der Waals surface area contributed by atoms with Crippen LogP contribution in [0.2, 0.25) is 0 Å². The van der Waals surface area contributed by atoms with Crippen molar-refractivity contribution >= 4 is 41.5 Å². The maximum atomic E-state index is 12.1. The van der Waals surface area contributed by atoms with Gasteiger partial charge in [0.05, 0.1) is 0 Å². The number of carbonyl (C=O) groups is 1. The van der Waals surface area contributed by atoms with Gasteiger partial charge in [0.25, 0.3) is 0 Å². The molecule has 0 bridgehead atoms. The number of nitrogens with one attached hydrogen (secondary N) is 3. The highest BCUT2D eigenvalue weighted by Gasteiger charge is 2.25. The Bertz CT molecular complexity index is 637. The second kappa shape index (κ2) is 10.9. The molecule has 0 spiro atoms. The van der Waals surface area contributed by atoms with Crippen molar-refractivity contribution in [1.82, 2.24) is 10.6 Å². The maximum Gasteiger partial charge on any atom is 0.227 e. The van der Waals surface area contributed by atoms with E-state index in [1.165, 1.54) is 32.1 Å². The molecule has 2 fully saturated rings. The van der Waals surface area contributed by atoms with Crippen molar-refractivity contribution in [3.63, 3.8) is 0 Å². The van der Waals surface area contributed by atoms with Gasteiger partial charge in [-0.1, -0.05) is 25.5 Å². The van der Waals surface area contributed by atoms with Crippen LogP contribution < -0.4 is 16.0 Å². The Morgan fingerprint density at radius 3 is 2.52 bits per heavy atom. The fraction of sp³-hybridized carbons (Fsp3) is 0.619. The minimum absolute atomic E-state index is 0. The van der Waals surface area contributed by atoms with Gasteiger partial charge >= 0.3 is 0 Å². The first kappa shape index (κ1) is 22.0. The number of anilines is 1. The van der Waals surface area contributed by atoms with Crippen molar-refractivity contribution in [1.29, 1.82) is 0 Å². The fourth-order valence-corrected chi connectivity index (χ4v) is 3.65. The summed E-state index contributed by atoms with van der Waals surface area (Å²) in [5.74, 6) is 2.07. The normalized spacial score (nSPS) is 23.0. The highest BCUT2D eigenvalue weighted by Crippen LogP contribution is 2.27. The van der Waals surface area contributed by atoms with E-state index in [1.54, 1.807) is 0 Å². The van der Waals surface area contributed by atoms with Crippen LogP contribution in [-0.2, 0) is 11.3 Å². The van der Waals surface area contributed by atoms with Gasteiger partial charge in [-0.25, -0.2) is 0 Å². The lowest BCUT2D eigenvalue weighted by molar-refractivity contribution is -0.122. The number of halogens is 1. The molecule has 27 heavy (non-hydrogen) atoms. The van der Waals surface area contributed by atoms with E-state index < -0.39 is 0 Å². The van der Waals surface area contributed by atoms with Gasteiger partial charge in [0.15, 0.2) is 5.96 Å². The van der Waals surface area contributed by atoms with Crippen molar-refractivity contribution in [3.8, 4) is 0 Å². The summed E-state index contributed by atoms with van der Waals surface area (Å²) in [6, 6.07) is 8.58. The van der Waals surface area contributed by atoms with E-state index in [1.807, 2.05) is 25.2 Å². The lowest BCUT2D eigenvalue weighted by Gasteiger charge is -2.28. The Kier molecular flexibility index (Phi) is 8.86. The van der Waals surface area contributed by atoms with Gasteiger partial charge in [-0.15, -0.1) is 24.0 Å². The first-order valence-corrected chi connectivity index (χ1v) is 10.0. The van der Waals surface area contributed by atoms with Gasteiger partial charge in [0.1, 0.15) is 0 Å². The lowest BCUT2D eigenvalue weighted by atomic mass is 9.85. The topological polar surface area (TPSA) is 65.5 Å². The molecule has 3 rings (SSSR count). The monoisotopic (exact) mass is 484 g/mol. The number of hydrogen-bond acceptors (Lipinski definition) is 2. The standard InChI is InChI=1S/C21H32N4O.HI/c1-15-9-11-18(12-10-15)25-21(22-2)23-14-16-5-3-8-19(13-16)24-20(26)17-6-4-7-17;/h3,5,8,13,15,17-18H,4,6-7,9-12,14H2,1-2H3,(H,24,26)(H2,22,23,25);1H. The number of rotatable bonds is 5. The van der Waals surface area contributed by atoms with Crippen LogP contribution in [0, 0.1) is 11.8 Å². The zero-order chi connectivity index (χ0) is 18.4. The Morgan fingerprint density at radius 2 is 1.89 bits per heavy atom. The van der Waals surface area contributed by atoms with E-state index in [4.69, 9.17) is 0 Å². The van der Waals surface area contributed by atoms with Gasteiger partial charge in [-0.05, 0) is 62.1 Å². The zero-order valence-corrected chi connectivity index (χ0v) is 18.8. The van der Waals surface area contributed by atoms with Crippen molar-refractivity contribution in [3.05, 3.63) is 29.8 Å². The molecule has 2 saturated carbocycles. The predicted octanol–water partition coefficient (Wildman–Crippen LogP) is 4.29. The molecule has 0 heterocycles. The van der Waals surface area contributed by atoms with E-state index in [0.29, 0.717) is 12.6 Å². The molecular weight excluding hydrogens is 451 g/mol. The van der Waals surface area contributed by atoms with Gasteiger partial charge in [0.2, 0.25) is 5.91 Å². The highest BCUT2D eigenvalue weighted by atomic mass is 127. The van der Waals surface area contributed by atoms with Crippen molar-refractivity contribution in [2.75, 3.05) is 12.4 Å². The number of aliphatic imine (C=N–C) groups is 1. The van der Waals surface area contributed by atoms with Gasteiger partial charge in [-0.2, -0.15) is 0 Å². The Morgan fingerprint density at radius 1 is 1.15 bits per heavy atom. The second-order valence-corrected chi connectivity index (χ2v) is 7.84. The van der Waals surface area contributed by atoms with Crippen LogP contribution in [0.3, 0.4) is 0 Å². The molecule has 1 aromatic carbocycles. The number of nitrogens with zero attached hydrogens (tertiary/aromatic N) is 1. The molecule has 0 aliphatic heterocycles. The Balaban J connectivity index is 0.00000261. The molecule has 5 nitrogen and oxygen atoms in total. The fourth-order valence-electron chi connectivity index (χ4n) is 3.65. The van der Waals surface area contributed by atoms with E-state index in [-0.39, 0.29) is 35.8 Å². The number of benzene rings is 1. The number of hydrogen-bond donors (Lipinski definition) is 3. The zero-order valence-electron chi connectivity index (χ0n) is 16.5. The van der Waals surface area contributed by atoms with Crippen molar-refractivity contribution < 1.29 is 4.79 Å². The Labute approximate surface area is 180 Å². The molecule has 0 atom stereocenters. The molecule has 0 aromatic heterocycles. The van der Waals surface area contributed by atoms with Crippen LogP contribution in [0.1, 0.15) is 57.4 Å². The Hall–Kier alpha value is -1.31. The molecular formula is C21H33IN4O. The highest BCUT2D eigenvalue weighted by molar-refractivity contribution is 14.0. The van der Waals surface area contributed by atoms with E-state index >= 15 is 0 Å². The van der Waals surface area contributed by atoms with Gasteiger partial charge in [-0.3, -0.25) is 9.79 Å². The van der Waals surface area contributed by atoms with Crippen LogP contribution in [0.5, 0.6) is 0 Å². The minimum atomic E-state index is 0. The molecule has 1 amide bonds. The van der Waals surface area contributed by atoms with Gasteiger partial charge in [0, 0.05) is 31.2 Å². The molecule has 0 radical (unpaired) electrons. The summed E-state index contributed by atoms with van der Waals surface area (Å²) in [7, 11) is 1.82. The summed E-state index contributed by atoms with van der Waals surface area (Å²) < 4.78 is 0. The van der Waals surface area contributed by atoms with E-state index in [9.17, 15) is 4.79 Å². The third-order valence-electron chi connectivity index (χ3n) is 5.71. The quantitative estimate of drug-likeness (QED) is 0.332. The molecule has 2 aliphatic carbocycles. The molecule has 0 unspecified atom stereocenters. The van der Waals surface area contributed by atoms with E-state index in [2.05, 4.69) is 33.9 Å². The number of amides is 1.